The van der Waals surface area contributed by atoms with Crippen LogP contribution in [-0.2, 0) is 26.0 Å². The van der Waals surface area contributed by atoms with Crippen molar-refractivity contribution in [2.24, 2.45) is 5.14 Å². The summed E-state index contributed by atoms with van der Waals surface area (Å²) in [5.41, 5.74) is 1.80. The fourth-order valence-electron chi connectivity index (χ4n) is 3.78. The number of nitrogens with two attached hydrogens (primary N) is 1. The van der Waals surface area contributed by atoms with Gasteiger partial charge in [0.25, 0.3) is 0 Å². The van der Waals surface area contributed by atoms with Crippen LogP contribution >= 0.6 is 0 Å². The first-order chi connectivity index (χ1) is 18.3. The molecule has 0 bridgehead atoms. The van der Waals surface area contributed by atoms with Crippen molar-refractivity contribution < 1.29 is 27.5 Å². The normalized spacial score (nSPS) is 12.1. The fourth-order valence-corrected chi connectivity index (χ4v) is 4.54. The molecule has 0 heterocycles. The van der Waals surface area contributed by atoms with Crippen LogP contribution in [0.25, 0.3) is 11.1 Å². The first-order valence-electron chi connectivity index (χ1n) is 11.9. The number of nitriles is 1. The molecule has 10 nitrogen and oxygen atoms in total. The monoisotopic (exact) mass is 550 g/mol. The van der Waals surface area contributed by atoms with E-state index in [4.69, 9.17) is 14.6 Å². The number of anilines is 1. The highest BCUT2D eigenvalue weighted by Gasteiger charge is 2.25. The third-order valence-corrected chi connectivity index (χ3v) is 6.45. The third kappa shape index (κ3) is 8.04. The zero-order valence-electron chi connectivity index (χ0n) is 22.0. The van der Waals surface area contributed by atoms with E-state index in [2.05, 4.69) is 16.7 Å². The number of nitrogens with one attached hydrogen (secondary N) is 2. The number of hydrogen-bond donors (Lipinski definition) is 3. The summed E-state index contributed by atoms with van der Waals surface area (Å²) >= 11 is 0. The van der Waals surface area contributed by atoms with Crippen molar-refractivity contribution in [2.75, 3.05) is 12.4 Å². The molecule has 11 heteroatoms. The summed E-state index contributed by atoms with van der Waals surface area (Å²) in [6, 6.07) is 18.7. The van der Waals surface area contributed by atoms with Gasteiger partial charge >= 0.3 is 6.09 Å². The summed E-state index contributed by atoms with van der Waals surface area (Å²) in [6.45, 7) is 5.62. The molecule has 0 radical (unpaired) electrons. The molecular weight excluding hydrogens is 520 g/mol. The van der Waals surface area contributed by atoms with E-state index in [0.717, 1.165) is 0 Å². The Morgan fingerprint density at radius 1 is 1.05 bits per heavy atom. The third-order valence-electron chi connectivity index (χ3n) is 5.48. The van der Waals surface area contributed by atoms with E-state index in [0.29, 0.717) is 33.7 Å². The number of methoxy groups -OCH3 is 1. The summed E-state index contributed by atoms with van der Waals surface area (Å²) in [5, 5.41) is 20.0. The minimum Gasteiger partial charge on any atom is -0.488 e. The fraction of sp³-hybridized carbons (Fsp3) is 0.250. The smallest absolute Gasteiger partial charge is 0.407 e. The van der Waals surface area contributed by atoms with E-state index in [1.54, 1.807) is 60.7 Å². The van der Waals surface area contributed by atoms with E-state index >= 15 is 0 Å². The Balaban J connectivity index is 1.88. The average molecular weight is 551 g/mol. The minimum absolute atomic E-state index is 0.0156. The van der Waals surface area contributed by atoms with Crippen LogP contribution in [0.5, 0.6) is 5.75 Å². The van der Waals surface area contributed by atoms with Crippen LogP contribution in [0.1, 0.15) is 31.9 Å². The maximum absolute atomic E-state index is 13.3. The highest BCUT2D eigenvalue weighted by molar-refractivity contribution is 7.89. The second-order valence-electron chi connectivity index (χ2n) is 9.65. The topological polar surface area (TPSA) is 161 Å². The summed E-state index contributed by atoms with van der Waals surface area (Å²) < 4.78 is 34.7. The van der Waals surface area contributed by atoms with Crippen molar-refractivity contribution in [3.8, 4) is 22.9 Å². The molecule has 2 amide bonds. The number of carbonyl (C=O) groups is 2. The molecule has 4 N–H and O–H groups in total. The number of benzene rings is 3. The molecule has 0 fully saturated rings. The highest BCUT2D eigenvalue weighted by atomic mass is 32.2. The lowest BCUT2D eigenvalue weighted by Crippen LogP contribution is -2.45. The van der Waals surface area contributed by atoms with Gasteiger partial charge in [-0.05, 0) is 68.3 Å². The van der Waals surface area contributed by atoms with Crippen molar-refractivity contribution in [3.63, 3.8) is 0 Å². The lowest BCUT2D eigenvalue weighted by Gasteiger charge is -2.25. The van der Waals surface area contributed by atoms with Crippen molar-refractivity contribution in [1.29, 1.82) is 5.26 Å². The number of nitrogens with zero attached hydrogens (tertiary/aromatic N) is 1. The molecule has 0 aromatic heterocycles. The van der Waals surface area contributed by atoms with Crippen molar-refractivity contribution >= 4 is 27.7 Å². The molecule has 204 valence electrons. The zero-order chi connectivity index (χ0) is 28.8. The number of primary sulfonamides is 1. The van der Waals surface area contributed by atoms with E-state index in [1.807, 2.05) is 20.8 Å². The largest absolute Gasteiger partial charge is 0.488 e. The van der Waals surface area contributed by atoms with Gasteiger partial charge in [-0.1, -0.05) is 30.3 Å². The Hall–Kier alpha value is -4.40. The molecule has 0 aliphatic heterocycles. The van der Waals surface area contributed by atoms with Gasteiger partial charge in [0.15, 0.2) is 0 Å². The van der Waals surface area contributed by atoms with Crippen molar-refractivity contribution in [2.45, 2.75) is 43.7 Å². The number of rotatable bonds is 8. The van der Waals surface area contributed by atoms with Crippen LogP contribution in [0.4, 0.5) is 10.5 Å². The van der Waals surface area contributed by atoms with Crippen LogP contribution in [-0.4, -0.2) is 39.2 Å². The van der Waals surface area contributed by atoms with Gasteiger partial charge in [0.1, 0.15) is 17.4 Å². The lowest BCUT2D eigenvalue weighted by atomic mass is 10.0. The SMILES string of the molecule is COC(=O)N[C@@H](Cc1cc(C#N)ccc1OC(C)(C)C)C(=O)Nc1ccc(-c2ccccc2S(N)(=O)=O)cc1. The molecule has 0 spiro atoms. The predicted octanol–water partition coefficient (Wildman–Crippen LogP) is 3.96. The standard InChI is InChI=1S/C28H30N4O6S/c1-28(2,3)38-24-14-9-18(17-29)15-20(24)16-23(32-27(34)37-4)26(33)31-21-12-10-19(11-13-21)22-7-5-6-8-25(22)39(30,35)36/h5-15,23H,16H2,1-4H3,(H,31,33)(H,32,34)(H2,30,35,36)/t23-/m0/s1. The van der Waals surface area contributed by atoms with Gasteiger partial charge in [0.2, 0.25) is 15.9 Å². The van der Waals surface area contributed by atoms with Gasteiger partial charge in [-0.25, -0.2) is 18.4 Å². The molecule has 1 atom stereocenters. The van der Waals surface area contributed by atoms with E-state index in [9.17, 15) is 23.3 Å². The zero-order valence-corrected chi connectivity index (χ0v) is 22.8. The van der Waals surface area contributed by atoms with Gasteiger partial charge in [-0.15, -0.1) is 0 Å². The maximum atomic E-state index is 13.3. The number of hydrogen-bond acceptors (Lipinski definition) is 7. The molecule has 0 aliphatic carbocycles. The molecule has 39 heavy (non-hydrogen) atoms. The molecule has 3 rings (SSSR count). The molecular formula is C28H30N4O6S. The Morgan fingerprint density at radius 3 is 2.31 bits per heavy atom. The Bertz CT molecular complexity index is 1510. The molecule has 0 unspecified atom stereocenters. The predicted molar refractivity (Wildman–Crippen MR) is 146 cm³/mol. The van der Waals surface area contributed by atoms with Crippen molar-refractivity contribution in [3.05, 3.63) is 77.9 Å². The van der Waals surface area contributed by atoms with E-state index in [-0.39, 0.29) is 11.3 Å². The maximum Gasteiger partial charge on any atom is 0.407 e. The van der Waals surface area contributed by atoms with Crippen LogP contribution < -0.4 is 20.5 Å². The second kappa shape index (κ2) is 12.0. The number of alkyl carbamates (subject to hydrolysis) is 1. The number of amides is 2. The molecule has 0 saturated carbocycles. The minimum atomic E-state index is -3.94. The highest BCUT2D eigenvalue weighted by Crippen LogP contribution is 2.28. The quantitative estimate of drug-likeness (QED) is 0.383. The van der Waals surface area contributed by atoms with Crippen LogP contribution in [0.2, 0.25) is 0 Å². The molecule has 0 aliphatic rings. The number of ether oxygens (including phenoxy) is 2. The van der Waals surface area contributed by atoms with Crippen LogP contribution in [0.15, 0.2) is 71.6 Å². The second-order valence-corrected chi connectivity index (χ2v) is 11.2. The molecule has 3 aromatic rings. The molecule has 3 aromatic carbocycles. The lowest BCUT2D eigenvalue weighted by molar-refractivity contribution is -0.118. The van der Waals surface area contributed by atoms with Crippen molar-refractivity contribution in [1.82, 2.24) is 5.32 Å². The summed E-state index contributed by atoms with van der Waals surface area (Å²) in [7, 11) is -2.75. The molecule has 0 saturated heterocycles. The van der Waals surface area contributed by atoms with Crippen LogP contribution in [0.3, 0.4) is 0 Å². The van der Waals surface area contributed by atoms with Gasteiger partial charge < -0.3 is 20.1 Å². The first kappa shape index (κ1) is 29.2. The van der Waals surface area contributed by atoms with Gasteiger partial charge in [0.05, 0.1) is 23.6 Å². The number of sulfonamides is 1. The Kier molecular flexibility index (Phi) is 8.96. The summed E-state index contributed by atoms with van der Waals surface area (Å²) in [4.78, 5) is 25.3. The average Bonchev–Trinajstić information content (AvgIpc) is 2.88. The van der Waals surface area contributed by atoms with Gasteiger partial charge in [-0.2, -0.15) is 5.26 Å². The van der Waals surface area contributed by atoms with Crippen LogP contribution in [0, 0.1) is 11.3 Å². The van der Waals surface area contributed by atoms with E-state index < -0.39 is 33.7 Å². The Morgan fingerprint density at radius 2 is 1.72 bits per heavy atom. The van der Waals surface area contributed by atoms with Gasteiger partial charge in [-0.3, -0.25) is 4.79 Å². The summed E-state index contributed by atoms with van der Waals surface area (Å²) in [5.74, 6) is -0.0639. The number of carbonyl (C=O) groups excluding carboxylic acids is 2. The van der Waals surface area contributed by atoms with Gasteiger partial charge in [0, 0.05) is 17.7 Å². The summed E-state index contributed by atoms with van der Waals surface area (Å²) in [6.07, 6.45) is -0.790. The Labute approximate surface area is 227 Å². The first-order valence-corrected chi connectivity index (χ1v) is 13.4. The van der Waals surface area contributed by atoms with E-state index in [1.165, 1.54) is 13.2 Å².